The summed E-state index contributed by atoms with van der Waals surface area (Å²) in [6.07, 6.45) is -3.44. The van der Waals surface area contributed by atoms with Gasteiger partial charge in [-0.2, -0.15) is 0 Å². The van der Waals surface area contributed by atoms with Gasteiger partial charge in [0, 0.05) is 0 Å². The molecule has 0 radical (unpaired) electrons. The van der Waals surface area contributed by atoms with Gasteiger partial charge in [-0.3, -0.25) is 0 Å². The fourth-order valence-electron chi connectivity index (χ4n) is 3.47. The number of hydrogen-bond donors (Lipinski definition) is 1. The van der Waals surface area contributed by atoms with Crippen molar-refractivity contribution in [2.75, 3.05) is 6.61 Å². The van der Waals surface area contributed by atoms with E-state index in [1.54, 1.807) is 38.1 Å². The molecule has 1 aromatic carbocycles. The lowest BCUT2D eigenvalue weighted by Gasteiger charge is -2.41. The zero-order valence-corrected chi connectivity index (χ0v) is 19.9. The van der Waals surface area contributed by atoms with Crippen LogP contribution in [0.5, 0.6) is 0 Å². The molecular formula is C22H34O7Si. The third-order valence-electron chi connectivity index (χ3n) is 6.08. The number of carbonyl (C=O) groups is 1. The Kier molecular flexibility index (Phi) is 6.49. The number of esters is 1. The standard InChI is InChI=1S/C22H34O7Si/c1-21(2,3)30(6,7)29-15(13-23)16-17(18-20(26-16)28-22(4,5)27-18)25-19(24)14-11-9-8-10-12-14/h8-12,15-18,20,23H,13H2,1-7H3/t15?,16-,17+,18-,20-/m1/s1. The molecule has 5 atom stereocenters. The summed E-state index contributed by atoms with van der Waals surface area (Å²) in [6, 6.07) is 8.76. The van der Waals surface area contributed by atoms with E-state index in [9.17, 15) is 9.90 Å². The van der Waals surface area contributed by atoms with Crippen LogP contribution in [0.4, 0.5) is 0 Å². The van der Waals surface area contributed by atoms with E-state index in [0.717, 1.165) is 0 Å². The first-order valence-electron chi connectivity index (χ1n) is 10.4. The Morgan fingerprint density at radius 1 is 1.20 bits per heavy atom. The molecule has 7 nitrogen and oxygen atoms in total. The average molecular weight is 439 g/mol. The highest BCUT2D eigenvalue weighted by atomic mass is 28.4. The van der Waals surface area contributed by atoms with Gasteiger partial charge in [-0.25, -0.2) is 4.79 Å². The molecule has 30 heavy (non-hydrogen) atoms. The van der Waals surface area contributed by atoms with Gasteiger partial charge in [0.1, 0.15) is 6.10 Å². The summed E-state index contributed by atoms with van der Waals surface area (Å²) in [5, 5.41) is 10.1. The van der Waals surface area contributed by atoms with Gasteiger partial charge in [0.2, 0.25) is 0 Å². The molecule has 3 rings (SSSR count). The molecule has 2 aliphatic rings. The van der Waals surface area contributed by atoms with Crippen LogP contribution < -0.4 is 0 Å². The Morgan fingerprint density at radius 2 is 1.83 bits per heavy atom. The highest BCUT2D eigenvalue weighted by Crippen LogP contribution is 2.43. The summed E-state index contributed by atoms with van der Waals surface area (Å²) in [5.41, 5.74) is 0.434. The lowest BCUT2D eigenvalue weighted by atomic mass is 10.1. The lowest BCUT2D eigenvalue weighted by molar-refractivity contribution is -0.226. The van der Waals surface area contributed by atoms with Gasteiger partial charge in [0.15, 0.2) is 32.6 Å². The van der Waals surface area contributed by atoms with Crippen LogP contribution in [-0.4, -0.2) is 62.5 Å². The van der Waals surface area contributed by atoms with Crippen LogP contribution in [0.1, 0.15) is 45.0 Å². The first kappa shape index (κ1) is 23.4. The summed E-state index contributed by atoms with van der Waals surface area (Å²) in [5.74, 6) is -1.33. The quantitative estimate of drug-likeness (QED) is 0.538. The summed E-state index contributed by atoms with van der Waals surface area (Å²) in [6.45, 7) is 13.9. The maximum atomic E-state index is 12.8. The Bertz CT molecular complexity index is 744. The molecule has 2 heterocycles. The first-order chi connectivity index (χ1) is 13.8. The van der Waals surface area contributed by atoms with Gasteiger partial charge in [0.25, 0.3) is 0 Å². The topological polar surface area (TPSA) is 83.5 Å². The molecule has 8 heteroatoms. The molecule has 0 amide bonds. The molecule has 0 bridgehead atoms. The van der Waals surface area contributed by atoms with Crippen molar-refractivity contribution in [1.29, 1.82) is 0 Å². The third-order valence-corrected chi connectivity index (χ3v) is 10.6. The Labute approximate surface area is 179 Å². The van der Waals surface area contributed by atoms with E-state index in [-0.39, 0.29) is 11.6 Å². The number of fused-ring (bicyclic) bond motifs is 1. The molecule has 168 valence electrons. The van der Waals surface area contributed by atoms with Crippen LogP contribution in [-0.2, 0) is 23.4 Å². The highest BCUT2D eigenvalue weighted by molar-refractivity contribution is 6.74. The molecule has 0 aliphatic carbocycles. The molecule has 0 aromatic heterocycles. The first-order valence-corrected chi connectivity index (χ1v) is 13.3. The summed E-state index contributed by atoms with van der Waals surface area (Å²) in [7, 11) is -2.22. The van der Waals surface area contributed by atoms with Crippen molar-refractivity contribution in [2.45, 2.75) is 89.2 Å². The Balaban J connectivity index is 1.85. The molecule has 2 aliphatic heterocycles. The van der Waals surface area contributed by atoms with E-state index < -0.39 is 50.8 Å². The third kappa shape index (κ3) is 4.79. The normalized spacial score (nSPS) is 29.5. The van der Waals surface area contributed by atoms with Crippen LogP contribution >= 0.6 is 0 Å². The molecule has 2 saturated heterocycles. The van der Waals surface area contributed by atoms with Gasteiger partial charge in [-0.05, 0) is 44.1 Å². The predicted octanol–water partition coefficient (Wildman–Crippen LogP) is 3.47. The lowest BCUT2D eigenvalue weighted by Crippen LogP contribution is -2.52. The number of hydrogen-bond acceptors (Lipinski definition) is 7. The van der Waals surface area contributed by atoms with E-state index in [0.29, 0.717) is 5.56 Å². The molecule has 1 aromatic rings. The number of rotatable bonds is 6. The number of aliphatic hydroxyl groups is 1. The smallest absolute Gasteiger partial charge is 0.338 e. The Morgan fingerprint density at radius 3 is 2.40 bits per heavy atom. The van der Waals surface area contributed by atoms with Gasteiger partial charge in [-0.15, -0.1) is 0 Å². The molecule has 0 saturated carbocycles. The number of ether oxygens (including phenoxy) is 4. The van der Waals surface area contributed by atoms with Crippen molar-refractivity contribution in [3.63, 3.8) is 0 Å². The minimum atomic E-state index is -2.22. The minimum Gasteiger partial charge on any atom is -0.453 e. The van der Waals surface area contributed by atoms with E-state index >= 15 is 0 Å². The fraction of sp³-hybridized carbons (Fsp3) is 0.682. The predicted molar refractivity (Wildman–Crippen MR) is 113 cm³/mol. The second-order valence-electron chi connectivity index (χ2n) is 9.90. The minimum absolute atomic E-state index is 0.0555. The van der Waals surface area contributed by atoms with E-state index in [1.807, 2.05) is 6.07 Å². The van der Waals surface area contributed by atoms with Gasteiger partial charge < -0.3 is 28.5 Å². The largest absolute Gasteiger partial charge is 0.453 e. The van der Waals surface area contributed by atoms with Crippen LogP contribution in [0, 0.1) is 0 Å². The summed E-state index contributed by atoms with van der Waals surface area (Å²) >= 11 is 0. The van der Waals surface area contributed by atoms with Crippen molar-refractivity contribution < 1.29 is 33.3 Å². The highest BCUT2D eigenvalue weighted by Gasteiger charge is 2.59. The van der Waals surface area contributed by atoms with Crippen molar-refractivity contribution >= 4 is 14.3 Å². The van der Waals surface area contributed by atoms with E-state index in [4.69, 9.17) is 23.4 Å². The maximum absolute atomic E-state index is 12.8. The SMILES string of the molecule is CC1(C)O[C@H]2O[C@H](C(CO)O[Si](C)(C)C(C)(C)C)[C@H](OC(=O)c3ccccc3)[C@H]2O1. The second kappa shape index (κ2) is 8.33. The van der Waals surface area contributed by atoms with E-state index in [2.05, 4.69) is 33.9 Å². The monoisotopic (exact) mass is 438 g/mol. The summed E-state index contributed by atoms with van der Waals surface area (Å²) < 4.78 is 30.2. The molecule has 1 unspecified atom stereocenters. The van der Waals surface area contributed by atoms with Crippen molar-refractivity contribution in [3.05, 3.63) is 35.9 Å². The molecule has 0 spiro atoms. The zero-order chi connectivity index (χ0) is 22.3. The van der Waals surface area contributed by atoms with Gasteiger partial charge in [0.05, 0.1) is 18.3 Å². The number of benzene rings is 1. The van der Waals surface area contributed by atoms with Crippen LogP contribution in [0.15, 0.2) is 30.3 Å². The second-order valence-corrected chi connectivity index (χ2v) is 14.7. The average Bonchev–Trinajstić information content (AvgIpc) is 3.12. The van der Waals surface area contributed by atoms with E-state index in [1.165, 1.54) is 0 Å². The van der Waals surface area contributed by atoms with Crippen molar-refractivity contribution in [3.8, 4) is 0 Å². The van der Waals surface area contributed by atoms with Crippen LogP contribution in [0.25, 0.3) is 0 Å². The van der Waals surface area contributed by atoms with Gasteiger partial charge >= 0.3 is 5.97 Å². The van der Waals surface area contributed by atoms with Crippen molar-refractivity contribution in [2.24, 2.45) is 0 Å². The maximum Gasteiger partial charge on any atom is 0.338 e. The molecule has 2 fully saturated rings. The van der Waals surface area contributed by atoms with Crippen LogP contribution in [0.3, 0.4) is 0 Å². The Hall–Kier alpha value is -1.29. The van der Waals surface area contributed by atoms with Crippen LogP contribution in [0.2, 0.25) is 18.1 Å². The molecular weight excluding hydrogens is 404 g/mol. The number of aliphatic hydroxyl groups excluding tert-OH is 1. The molecule has 1 N–H and O–H groups in total. The summed E-state index contributed by atoms with van der Waals surface area (Å²) in [4.78, 5) is 12.8. The number of carbonyl (C=O) groups excluding carboxylic acids is 1. The fourth-order valence-corrected chi connectivity index (χ4v) is 4.79. The van der Waals surface area contributed by atoms with Crippen molar-refractivity contribution in [1.82, 2.24) is 0 Å². The zero-order valence-electron chi connectivity index (χ0n) is 18.9. The van der Waals surface area contributed by atoms with Gasteiger partial charge in [-0.1, -0.05) is 39.0 Å².